The quantitative estimate of drug-likeness (QED) is 0.793. The molecule has 0 aliphatic heterocycles. The lowest BCUT2D eigenvalue weighted by Crippen LogP contribution is -2.26. The van der Waals surface area contributed by atoms with Gasteiger partial charge in [-0.1, -0.05) is 25.5 Å². The molecular formula is C16H24FNO. The molecule has 1 aromatic rings. The van der Waals surface area contributed by atoms with Crippen LogP contribution in [0.15, 0.2) is 18.2 Å². The number of hydrogen-bond acceptors (Lipinski definition) is 2. The zero-order valence-electron chi connectivity index (χ0n) is 11.7. The lowest BCUT2D eigenvalue weighted by Gasteiger charge is -2.20. The molecule has 1 aliphatic carbocycles. The van der Waals surface area contributed by atoms with Crippen LogP contribution < -0.4 is 5.32 Å². The number of halogens is 1. The Morgan fingerprint density at radius 1 is 1.42 bits per heavy atom. The second-order valence-corrected chi connectivity index (χ2v) is 5.47. The smallest absolute Gasteiger partial charge is 0.126 e. The van der Waals surface area contributed by atoms with E-state index in [0.717, 1.165) is 49.8 Å². The minimum absolute atomic E-state index is 0.0673. The summed E-state index contributed by atoms with van der Waals surface area (Å²) in [5, 5.41) is 12.6. The van der Waals surface area contributed by atoms with Gasteiger partial charge in [0, 0.05) is 12.6 Å². The topological polar surface area (TPSA) is 32.3 Å². The summed E-state index contributed by atoms with van der Waals surface area (Å²) in [6.07, 6.45) is 4.94. The molecule has 3 heteroatoms. The van der Waals surface area contributed by atoms with E-state index in [1.165, 1.54) is 0 Å². The Morgan fingerprint density at radius 3 is 3.00 bits per heavy atom. The zero-order valence-corrected chi connectivity index (χ0v) is 11.7. The van der Waals surface area contributed by atoms with E-state index in [1.54, 1.807) is 12.1 Å². The molecule has 0 radical (unpaired) electrons. The van der Waals surface area contributed by atoms with Crippen molar-refractivity contribution in [3.8, 4) is 0 Å². The molecule has 0 bridgehead atoms. The van der Waals surface area contributed by atoms with Gasteiger partial charge in [0.1, 0.15) is 5.82 Å². The first-order valence-corrected chi connectivity index (χ1v) is 7.37. The zero-order chi connectivity index (χ0) is 13.7. The number of rotatable bonds is 7. The maximum Gasteiger partial charge on any atom is 0.126 e. The number of aliphatic hydroxyl groups is 1. The summed E-state index contributed by atoms with van der Waals surface area (Å²) in [5.74, 6) is 0.454. The fraction of sp³-hybridized carbons (Fsp3) is 0.625. The molecule has 19 heavy (non-hydrogen) atoms. The third kappa shape index (κ3) is 3.54. The molecule has 2 rings (SSSR count). The fourth-order valence-corrected chi connectivity index (χ4v) is 3.07. The molecule has 0 heterocycles. The minimum atomic E-state index is -0.0673. The molecule has 0 saturated heterocycles. The van der Waals surface area contributed by atoms with Gasteiger partial charge in [0.25, 0.3) is 0 Å². The van der Waals surface area contributed by atoms with Crippen LogP contribution in [-0.2, 0) is 6.42 Å². The average Bonchev–Trinajstić information content (AvgIpc) is 2.81. The molecule has 2 unspecified atom stereocenters. The summed E-state index contributed by atoms with van der Waals surface area (Å²) in [6.45, 7) is 3.34. The van der Waals surface area contributed by atoms with E-state index in [2.05, 4.69) is 12.2 Å². The van der Waals surface area contributed by atoms with Crippen LogP contribution in [-0.4, -0.2) is 18.3 Å². The van der Waals surface area contributed by atoms with Crippen LogP contribution in [0.3, 0.4) is 0 Å². The molecular weight excluding hydrogens is 241 g/mol. The summed E-state index contributed by atoms with van der Waals surface area (Å²) < 4.78 is 13.6. The maximum absolute atomic E-state index is 13.6. The van der Waals surface area contributed by atoms with Gasteiger partial charge in [-0.2, -0.15) is 0 Å². The monoisotopic (exact) mass is 265 g/mol. The van der Waals surface area contributed by atoms with E-state index in [-0.39, 0.29) is 18.5 Å². The highest BCUT2D eigenvalue weighted by atomic mass is 19.1. The SMILES string of the molecule is CCCC(CCO)CNC1CCc2c(F)cccc21. The van der Waals surface area contributed by atoms with Crippen molar-refractivity contribution >= 4 is 0 Å². The standard InChI is InChI=1S/C16H24FNO/c1-2-4-12(9-10-19)11-18-16-8-7-13-14(16)5-3-6-15(13)17/h3,5-6,12,16,18-19H,2,4,7-11H2,1H3. The Morgan fingerprint density at radius 2 is 2.26 bits per heavy atom. The summed E-state index contributed by atoms with van der Waals surface area (Å²) in [4.78, 5) is 0. The highest BCUT2D eigenvalue weighted by molar-refractivity contribution is 5.35. The van der Waals surface area contributed by atoms with Crippen molar-refractivity contribution in [3.63, 3.8) is 0 Å². The van der Waals surface area contributed by atoms with Crippen LogP contribution in [0.5, 0.6) is 0 Å². The highest BCUT2D eigenvalue weighted by Crippen LogP contribution is 2.32. The molecule has 0 aromatic heterocycles. The van der Waals surface area contributed by atoms with Gasteiger partial charge in [0.2, 0.25) is 0 Å². The molecule has 0 fully saturated rings. The van der Waals surface area contributed by atoms with Crippen molar-refractivity contribution in [1.82, 2.24) is 5.32 Å². The van der Waals surface area contributed by atoms with Gasteiger partial charge in [-0.25, -0.2) is 4.39 Å². The van der Waals surface area contributed by atoms with Crippen LogP contribution >= 0.6 is 0 Å². The molecule has 2 atom stereocenters. The molecule has 106 valence electrons. The third-order valence-corrected chi connectivity index (χ3v) is 4.10. The van der Waals surface area contributed by atoms with Crippen LogP contribution in [0.2, 0.25) is 0 Å². The summed E-state index contributed by atoms with van der Waals surface area (Å²) in [7, 11) is 0. The normalized spacial score (nSPS) is 19.4. The van der Waals surface area contributed by atoms with Crippen LogP contribution in [0.1, 0.15) is 49.8 Å². The Balaban J connectivity index is 1.93. The van der Waals surface area contributed by atoms with E-state index in [1.807, 2.05) is 6.07 Å². The van der Waals surface area contributed by atoms with Crippen molar-refractivity contribution in [3.05, 3.63) is 35.1 Å². The van der Waals surface area contributed by atoms with Gasteiger partial charge in [-0.3, -0.25) is 0 Å². The summed E-state index contributed by atoms with van der Waals surface area (Å²) in [6, 6.07) is 5.66. The van der Waals surface area contributed by atoms with E-state index >= 15 is 0 Å². The highest BCUT2D eigenvalue weighted by Gasteiger charge is 2.24. The predicted octanol–water partition coefficient (Wildman–Crippen LogP) is 3.20. The van der Waals surface area contributed by atoms with E-state index in [9.17, 15) is 4.39 Å². The number of nitrogens with one attached hydrogen (secondary N) is 1. The van der Waals surface area contributed by atoms with Crippen molar-refractivity contribution in [2.75, 3.05) is 13.2 Å². The van der Waals surface area contributed by atoms with Crippen molar-refractivity contribution in [1.29, 1.82) is 0 Å². The first-order valence-electron chi connectivity index (χ1n) is 7.37. The van der Waals surface area contributed by atoms with E-state index < -0.39 is 0 Å². The van der Waals surface area contributed by atoms with Gasteiger partial charge < -0.3 is 10.4 Å². The molecule has 2 nitrogen and oxygen atoms in total. The lowest BCUT2D eigenvalue weighted by molar-refractivity contribution is 0.245. The van der Waals surface area contributed by atoms with Gasteiger partial charge in [0.15, 0.2) is 0 Å². The number of fused-ring (bicyclic) bond motifs is 1. The Hall–Kier alpha value is -0.930. The fourth-order valence-electron chi connectivity index (χ4n) is 3.07. The van der Waals surface area contributed by atoms with Crippen molar-refractivity contribution < 1.29 is 9.50 Å². The molecule has 2 N–H and O–H groups in total. The van der Waals surface area contributed by atoms with Gasteiger partial charge in [-0.15, -0.1) is 0 Å². The molecule has 1 aromatic carbocycles. The van der Waals surface area contributed by atoms with Gasteiger partial charge in [0.05, 0.1) is 0 Å². The van der Waals surface area contributed by atoms with Gasteiger partial charge >= 0.3 is 0 Å². The second-order valence-electron chi connectivity index (χ2n) is 5.47. The Kier molecular flexibility index (Phi) is 5.34. The summed E-state index contributed by atoms with van der Waals surface area (Å²) in [5.41, 5.74) is 2.01. The third-order valence-electron chi connectivity index (χ3n) is 4.10. The average molecular weight is 265 g/mol. The van der Waals surface area contributed by atoms with Gasteiger partial charge in [-0.05, 0) is 55.3 Å². The van der Waals surface area contributed by atoms with E-state index in [4.69, 9.17) is 5.11 Å². The Labute approximate surface area is 115 Å². The Bertz CT molecular complexity index is 402. The summed E-state index contributed by atoms with van der Waals surface area (Å²) >= 11 is 0. The van der Waals surface area contributed by atoms with Crippen LogP contribution in [0.4, 0.5) is 4.39 Å². The van der Waals surface area contributed by atoms with Crippen LogP contribution in [0.25, 0.3) is 0 Å². The molecule has 0 amide bonds. The second kappa shape index (κ2) is 7.01. The molecule has 0 spiro atoms. The number of aliphatic hydroxyl groups excluding tert-OH is 1. The predicted molar refractivity (Wildman–Crippen MR) is 75.6 cm³/mol. The number of benzene rings is 1. The van der Waals surface area contributed by atoms with E-state index in [0.29, 0.717) is 5.92 Å². The first-order chi connectivity index (χ1) is 9.26. The largest absolute Gasteiger partial charge is 0.396 e. The van der Waals surface area contributed by atoms with Crippen molar-refractivity contribution in [2.24, 2.45) is 5.92 Å². The molecule has 0 saturated carbocycles. The van der Waals surface area contributed by atoms with Crippen LogP contribution in [0, 0.1) is 11.7 Å². The molecule has 1 aliphatic rings. The maximum atomic E-state index is 13.6. The minimum Gasteiger partial charge on any atom is -0.396 e. The van der Waals surface area contributed by atoms with Crippen molar-refractivity contribution in [2.45, 2.75) is 45.1 Å². The number of hydrogen-bond donors (Lipinski definition) is 2. The first kappa shape index (κ1) is 14.5. The lowest BCUT2D eigenvalue weighted by atomic mass is 9.99.